The van der Waals surface area contributed by atoms with E-state index in [4.69, 9.17) is 11.6 Å². The van der Waals surface area contributed by atoms with Crippen LogP contribution >= 0.6 is 11.6 Å². The molecule has 0 aromatic heterocycles. The third-order valence-electron chi connectivity index (χ3n) is 4.04. The minimum Gasteiger partial charge on any atom is -0.223 e. The van der Waals surface area contributed by atoms with Gasteiger partial charge >= 0.3 is 0 Å². The lowest BCUT2D eigenvalue weighted by Gasteiger charge is -2.05. The second-order valence-electron chi connectivity index (χ2n) is 5.56. The van der Waals surface area contributed by atoms with Gasteiger partial charge in [0, 0.05) is 10.9 Å². The summed E-state index contributed by atoms with van der Waals surface area (Å²) < 4.78 is 25.5. The van der Waals surface area contributed by atoms with Crippen LogP contribution in [0.1, 0.15) is 17.0 Å². The summed E-state index contributed by atoms with van der Waals surface area (Å²) in [5.41, 5.74) is 1.80. The number of nitrogens with zero attached hydrogens (tertiary/aromatic N) is 1. The standard InChI is InChI=1S/C17H14ClNO2S/c1-11-5-7-14(8-6-11)22(20,21)17-15(10-19)16(17)12-3-2-4-13(18)9-12/h2-9,15-17H,1H3. The van der Waals surface area contributed by atoms with Crippen molar-refractivity contribution >= 4 is 21.4 Å². The molecular formula is C17H14ClNO2S. The fourth-order valence-electron chi connectivity index (χ4n) is 2.82. The Labute approximate surface area is 135 Å². The summed E-state index contributed by atoms with van der Waals surface area (Å²) in [6.07, 6.45) is 0. The van der Waals surface area contributed by atoms with Crippen LogP contribution in [-0.4, -0.2) is 13.7 Å². The summed E-state index contributed by atoms with van der Waals surface area (Å²) in [6.45, 7) is 1.90. The van der Waals surface area contributed by atoms with Gasteiger partial charge in [-0.1, -0.05) is 41.4 Å². The van der Waals surface area contributed by atoms with Crippen molar-refractivity contribution in [2.24, 2.45) is 5.92 Å². The minimum atomic E-state index is -3.52. The first-order valence-corrected chi connectivity index (χ1v) is 8.83. The van der Waals surface area contributed by atoms with E-state index in [1.165, 1.54) is 0 Å². The van der Waals surface area contributed by atoms with Gasteiger partial charge in [0.15, 0.2) is 9.84 Å². The Hall–Kier alpha value is -1.83. The molecule has 1 aliphatic carbocycles. The molecule has 112 valence electrons. The van der Waals surface area contributed by atoms with Gasteiger partial charge < -0.3 is 0 Å². The molecule has 1 saturated carbocycles. The third-order valence-corrected chi connectivity index (χ3v) is 6.51. The van der Waals surface area contributed by atoms with E-state index in [0.29, 0.717) is 5.02 Å². The highest BCUT2D eigenvalue weighted by Gasteiger charge is 2.59. The Balaban J connectivity index is 1.98. The van der Waals surface area contributed by atoms with Crippen molar-refractivity contribution in [2.45, 2.75) is 23.0 Å². The molecule has 3 rings (SSSR count). The summed E-state index contributed by atoms with van der Waals surface area (Å²) >= 11 is 5.97. The highest BCUT2D eigenvalue weighted by Crippen LogP contribution is 2.53. The molecule has 22 heavy (non-hydrogen) atoms. The second kappa shape index (κ2) is 5.42. The zero-order chi connectivity index (χ0) is 15.9. The summed E-state index contributed by atoms with van der Waals surface area (Å²) in [5.74, 6) is -0.834. The van der Waals surface area contributed by atoms with Crippen molar-refractivity contribution < 1.29 is 8.42 Å². The molecule has 2 aromatic carbocycles. The number of sulfone groups is 1. The average molecular weight is 332 g/mol. The van der Waals surface area contributed by atoms with Gasteiger partial charge in [-0.2, -0.15) is 5.26 Å². The van der Waals surface area contributed by atoms with E-state index in [2.05, 4.69) is 6.07 Å². The fourth-order valence-corrected chi connectivity index (χ4v) is 5.09. The number of aryl methyl sites for hydroxylation is 1. The van der Waals surface area contributed by atoms with E-state index in [-0.39, 0.29) is 10.8 Å². The zero-order valence-corrected chi connectivity index (χ0v) is 13.5. The summed E-state index contributed by atoms with van der Waals surface area (Å²) in [7, 11) is -3.52. The van der Waals surface area contributed by atoms with Crippen molar-refractivity contribution in [3.63, 3.8) is 0 Å². The van der Waals surface area contributed by atoms with Crippen LogP contribution in [-0.2, 0) is 9.84 Å². The van der Waals surface area contributed by atoms with Gasteiger partial charge in [0.2, 0.25) is 0 Å². The largest absolute Gasteiger partial charge is 0.223 e. The molecule has 3 unspecified atom stereocenters. The maximum absolute atomic E-state index is 12.8. The van der Waals surface area contributed by atoms with E-state index in [1.807, 2.05) is 13.0 Å². The lowest BCUT2D eigenvalue weighted by molar-refractivity contribution is 0.593. The van der Waals surface area contributed by atoms with E-state index >= 15 is 0 Å². The molecule has 5 heteroatoms. The van der Waals surface area contributed by atoms with E-state index in [0.717, 1.165) is 11.1 Å². The van der Waals surface area contributed by atoms with Crippen molar-refractivity contribution in [1.82, 2.24) is 0 Å². The topological polar surface area (TPSA) is 57.9 Å². The lowest BCUT2D eigenvalue weighted by atomic mass is 10.1. The first-order valence-electron chi connectivity index (χ1n) is 6.91. The molecule has 0 bridgehead atoms. The van der Waals surface area contributed by atoms with Gasteiger partial charge in [-0.05, 0) is 36.8 Å². The molecule has 2 aromatic rings. The Kier molecular flexibility index (Phi) is 3.72. The third kappa shape index (κ3) is 2.51. The van der Waals surface area contributed by atoms with Crippen LogP contribution in [0, 0.1) is 24.2 Å². The predicted molar refractivity (Wildman–Crippen MR) is 85.4 cm³/mol. The summed E-state index contributed by atoms with van der Waals surface area (Å²) in [6, 6.07) is 15.9. The van der Waals surface area contributed by atoms with Gasteiger partial charge in [0.1, 0.15) is 0 Å². The van der Waals surface area contributed by atoms with Crippen LogP contribution in [0.25, 0.3) is 0 Å². The highest BCUT2D eigenvalue weighted by atomic mass is 35.5. The van der Waals surface area contributed by atoms with Crippen LogP contribution in [0.2, 0.25) is 5.02 Å². The molecular weight excluding hydrogens is 318 g/mol. The van der Waals surface area contributed by atoms with Gasteiger partial charge in [0.05, 0.1) is 22.1 Å². The van der Waals surface area contributed by atoms with Gasteiger partial charge in [-0.15, -0.1) is 0 Å². The molecule has 0 radical (unpaired) electrons. The Morgan fingerprint density at radius 1 is 1.14 bits per heavy atom. The van der Waals surface area contributed by atoms with E-state index in [9.17, 15) is 13.7 Å². The first kappa shape index (κ1) is 15.1. The fraction of sp³-hybridized carbons (Fsp3) is 0.235. The number of hydrogen-bond acceptors (Lipinski definition) is 3. The summed E-state index contributed by atoms with van der Waals surface area (Å²) in [4.78, 5) is 0.271. The van der Waals surface area contributed by atoms with Crippen molar-refractivity contribution in [1.29, 1.82) is 5.26 Å². The van der Waals surface area contributed by atoms with Crippen LogP contribution in [0.5, 0.6) is 0 Å². The zero-order valence-electron chi connectivity index (χ0n) is 11.9. The number of halogens is 1. The number of hydrogen-bond donors (Lipinski definition) is 0. The predicted octanol–water partition coefficient (Wildman–Crippen LogP) is 3.73. The van der Waals surface area contributed by atoms with Gasteiger partial charge in [-0.3, -0.25) is 0 Å². The lowest BCUT2D eigenvalue weighted by Crippen LogP contribution is -2.10. The molecule has 1 aliphatic rings. The maximum Gasteiger partial charge on any atom is 0.183 e. The van der Waals surface area contributed by atoms with Crippen LogP contribution in [0.3, 0.4) is 0 Å². The minimum absolute atomic E-state index is 0.271. The van der Waals surface area contributed by atoms with E-state index < -0.39 is 21.0 Å². The number of benzene rings is 2. The Morgan fingerprint density at radius 3 is 2.41 bits per heavy atom. The summed E-state index contributed by atoms with van der Waals surface area (Å²) in [5, 5.41) is 9.14. The molecule has 0 spiro atoms. The molecule has 1 fully saturated rings. The van der Waals surface area contributed by atoms with Crippen molar-refractivity contribution in [3.05, 3.63) is 64.7 Å². The molecule has 0 heterocycles. The maximum atomic E-state index is 12.8. The van der Waals surface area contributed by atoms with Crippen molar-refractivity contribution in [2.75, 3.05) is 0 Å². The van der Waals surface area contributed by atoms with Crippen LogP contribution in [0.4, 0.5) is 0 Å². The van der Waals surface area contributed by atoms with Crippen LogP contribution in [0.15, 0.2) is 53.4 Å². The van der Waals surface area contributed by atoms with E-state index in [1.54, 1.807) is 42.5 Å². The Bertz CT molecular complexity index is 853. The average Bonchev–Trinajstić information content (AvgIpc) is 3.23. The molecule has 3 atom stereocenters. The molecule has 0 saturated heterocycles. The smallest absolute Gasteiger partial charge is 0.183 e. The molecule has 3 nitrogen and oxygen atoms in total. The Morgan fingerprint density at radius 2 is 1.82 bits per heavy atom. The second-order valence-corrected chi connectivity index (χ2v) is 8.10. The van der Waals surface area contributed by atoms with Gasteiger partial charge in [0.25, 0.3) is 0 Å². The quantitative estimate of drug-likeness (QED) is 0.861. The molecule has 0 amide bonds. The number of rotatable bonds is 3. The van der Waals surface area contributed by atoms with Gasteiger partial charge in [-0.25, -0.2) is 8.42 Å². The highest BCUT2D eigenvalue weighted by molar-refractivity contribution is 7.92. The molecule has 0 N–H and O–H groups in total. The SMILES string of the molecule is Cc1ccc(S(=O)(=O)C2C(C#N)C2c2cccc(Cl)c2)cc1. The monoisotopic (exact) mass is 331 g/mol. The van der Waals surface area contributed by atoms with Crippen molar-refractivity contribution in [3.8, 4) is 6.07 Å². The number of nitriles is 1. The first-order chi connectivity index (χ1) is 10.4. The molecule has 0 aliphatic heterocycles. The normalized spacial score (nSPS) is 23.8. The van der Waals surface area contributed by atoms with Crippen LogP contribution < -0.4 is 0 Å².